The summed E-state index contributed by atoms with van der Waals surface area (Å²) < 4.78 is 5.55. The van der Waals surface area contributed by atoms with Crippen molar-refractivity contribution in [3.05, 3.63) is 59.7 Å². The van der Waals surface area contributed by atoms with E-state index in [1.165, 1.54) is 10.5 Å². The summed E-state index contributed by atoms with van der Waals surface area (Å²) in [6.07, 6.45) is 0. The van der Waals surface area contributed by atoms with Crippen molar-refractivity contribution in [3.8, 4) is 5.75 Å². The van der Waals surface area contributed by atoms with Crippen LogP contribution in [0.4, 0.5) is 5.69 Å². The molecule has 2 rings (SSSR count). The van der Waals surface area contributed by atoms with E-state index in [0.29, 0.717) is 11.4 Å². The third-order valence-corrected chi connectivity index (χ3v) is 4.22. The Hall–Kier alpha value is -2.82. The van der Waals surface area contributed by atoms with E-state index in [1.807, 2.05) is 55.5 Å². The first kappa shape index (κ1) is 20.5. The first-order valence-electron chi connectivity index (χ1n) is 8.99. The van der Waals surface area contributed by atoms with Crippen LogP contribution < -0.4 is 10.1 Å². The number of nitrogens with zero attached hydrogens (tertiary/aromatic N) is 1. The lowest BCUT2D eigenvalue weighted by Gasteiger charge is -2.20. The number of amides is 2. The number of likely N-dealkylation sites (N-methyl/N-ethyl adjacent to an activating group) is 1. The minimum Gasteiger partial charge on any atom is -0.484 e. The van der Waals surface area contributed by atoms with Crippen molar-refractivity contribution < 1.29 is 14.3 Å². The van der Waals surface area contributed by atoms with Gasteiger partial charge in [-0.3, -0.25) is 9.59 Å². The van der Waals surface area contributed by atoms with Gasteiger partial charge in [0.05, 0.1) is 6.54 Å². The lowest BCUT2D eigenvalue weighted by Crippen LogP contribution is -2.37. The van der Waals surface area contributed by atoms with Gasteiger partial charge < -0.3 is 15.0 Å². The van der Waals surface area contributed by atoms with Crippen LogP contribution in [-0.4, -0.2) is 36.9 Å². The van der Waals surface area contributed by atoms with Crippen LogP contribution in [0.25, 0.3) is 0 Å². The van der Waals surface area contributed by atoms with Gasteiger partial charge in [0, 0.05) is 12.7 Å². The SMILES string of the molecule is Cc1ccc(NC(=O)CN(C)C(=O)COc2ccc(C(C)(C)C)cc2)cc1. The molecular formula is C22H28N2O3. The number of rotatable bonds is 6. The number of carbonyl (C=O) groups is 2. The first-order chi connectivity index (χ1) is 12.6. The van der Waals surface area contributed by atoms with Gasteiger partial charge >= 0.3 is 0 Å². The summed E-state index contributed by atoms with van der Waals surface area (Å²) >= 11 is 0. The van der Waals surface area contributed by atoms with E-state index in [9.17, 15) is 9.59 Å². The summed E-state index contributed by atoms with van der Waals surface area (Å²) in [6, 6.07) is 15.2. The van der Waals surface area contributed by atoms with Crippen molar-refractivity contribution >= 4 is 17.5 Å². The molecule has 0 aliphatic carbocycles. The van der Waals surface area contributed by atoms with Crippen LogP contribution in [0.5, 0.6) is 5.75 Å². The third kappa shape index (κ3) is 6.44. The number of hydrogen-bond donors (Lipinski definition) is 1. The monoisotopic (exact) mass is 368 g/mol. The zero-order valence-electron chi connectivity index (χ0n) is 16.7. The van der Waals surface area contributed by atoms with Crippen LogP contribution in [0.15, 0.2) is 48.5 Å². The van der Waals surface area contributed by atoms with E-state index in [-0.39, 0.29) is 30.4 Å². The van der Waals surface area contributed by atoms with Gasteiger partial charge in [-0.1, -0.05) is 50.6 Å². The zero-order valence-corrected chi connectivity index (χ0v) is 16.7. The smallest absolute Gasteiger partial charge is 0.260 e. The molecule has 0 radical (unpaired) electrons. The molecule has 0 aromatic heterocycles. The standard InChI is InChI=1S/C22H28N2O3/c1-16-6-10-18(11-7-16)23-20(25)14-24(5)21(26)15-27-19-12-8-17(9-13-19)22(2,3)4/h6-13H,14-15H2,1-5H3,(H,23,25). The molecule has 0 unspecified atom stereocenters. The minimum atomic E-state index is -0.256. The normalized spacial score (nSPS) is 11.0. The van der Waals surface area contributed by atoms with Crippen molar-refractivity contribution in [2.75, 3.05) is 25.5 Å². The van der Waals surface area contributed by atoms with E-state index in [2.05, 4.69) is 26.1 Å². The fraction of sp³-hybridized carbons (Fsp3) is 0.364. The van der Waals surface area contributed by atoms with Gasteiger partial charge in [-0.2, -0.15) is 0 Å². The van der Waals surface area contributed by atoms with E-state index >= 15 is 0 Å². The van der Waals surface area contributed by atoms with E-state index in [0.717, 1.165) is 5.56 Å². The lowest BCUT2D eigenvalue weighted by molar-refractivity contribution is -0.135. The van der Waals surface area contributed by atoms with Gasteiger partial charge in [0.1, 0.15) is 5.75 Å². The van der Waals surface area contributed by atoms with Gasteiger partial charge in [-0.25, -0.2) is 0 Å². The average Bonchev–Trinajstić information content (AvgIpc) is 2.61. The van der Waals surface area contributed by atoms with Gasteiger partial charge in [-0.05, 0) is 42.2 Å². The molecule has 0 bridgehead atoms. The summed E-state index contributed by atoms with van der Waals surface area (Å²) in [4.78, 5) is 25.6. The van der Waals surface area contributed by atoms with Gasteiger partial charge in [-0.15, -0.1) is 0 Å². The molecule has 0 spiro atoms. The molecule has 5 heteroatoms. The molecule has 2 aromatic carbocycles. The molecule has 0 fully saturated rings. The predicted octanol–water partition coefficient (Wildman–Crippen LogP) is 3.77. The molecule has 0 saturated carbocycles. The molecule has 5 nitrogen and oxygen atoms in total. The molecular weight excluding hydrogens is 340 g/mol. The number of hydrogen-bond acceptors (Lipinski definition) is 3. The largest absolute Gasteiger partial charge is 0.484 e. The highest BCUT2D eigenvalue weighted by molar-refractivity contribution is 5.94. The summed E-state index contributed by atoms with van der Waals surface area (Å²) in [5.74, 6) is 0.132. The highest BCUT2D eigenvalue weighted by Crippen LogP contribution is 2.24. The summed E-state index contributed by atoms with van der Waals surface area (Å²) in [5, 5.41) is 2.78. The lowest BCUT2D eigenvalue weighted by atomic mass is 9.87. The number of anilines is 1. The number of ether oxygens (including phenoxy) is 1. The Morgan fingerprint density at radius 2 is 1.59 bits per heavy atom. The Morgan fingerprint density at radius 1 is 1.00 bits per heavy atom. The molecule has 1 N–H and O–H groups in total. The third-order valence-electron chi connectivity index (χ3n) is 4.22. The van der Waals surface area contributed by atoms with Crippen molar-refractivity contribution in [3.63, 3.8) is 0 Å². The van der Waals surface area contributed by atoms with Crippen molar-refractivity contribution in [1.29, 1.82) is 0 Å². The molecule has 0 atom stereocenters. The van der Waals surface area contributed by atoms with E-state index < -0.39 is 0 Å². The van der Waals surface area contributed by atoms with Crippen molar-refractivity contribution in [2.45, 2.75) is 33.1 Å². The van der Waals surface area contributed by atoms with Crippen LogP contribution in [-0.2, 0) is 15.0 Å². The predicted molar refractivity (Wildman–Crippen MR) is 108 cm³/mol. The highest BCUT2D eigenvalue weighted by Gasteiger charge is 2.15. The second-order valence-electron chi connectivity index (χ2n) is 7.73. The highest BCUT2D eigenvalue weighted by atomic mass is 16.5. The topological polar surface area (TPSA) is 58.6 Å². The van der Waals surface area contributed by atoms with Crippen LogP contribution in [0.1, 0.15) is 31.9 Å². The maximum Gasteiger partial charge on any atom is 0.260 e. The average molecular weight is 368 g/mol. The molecule has 27 heavy (non-hydrogen) atoms. The van der Waals surface area contributed by atoms with Gasteiger partial charge in [0.2, 0.25) is 5.91 Å². The molecule has 0 heterocycles. The fourth-order valence-electron chi connectivity index (χ4n) is 2.45. The Morgan fingerprint density at radius 3 is 2.15 bits per heavy atom. The maximum absolute atomic E-state index is 12.2. The van der Waals surface area contributed by atoms with E-state index in [1.54, 1.807) is 7.05 Å². The molecule has 2 aromatic rings. The quantitative estimate of drug-likeness (QED) is 0.844. The summed E-state index contributed by atoms with van der Waals surface area (Å²) in [7, 11) is 1.59. The fourth-order valence-corrected chi connectivity index (χ4v) is 2.45. The van der Waals surface area contributed by atoms with Crippen molar-refractivity contribution in [2.24, 2.45) is 0 Å². The molecule has 0 aliphatic heterocycles. The Balaban J connectivity index is 1.81. The van der Waals surface area contributed by atoms with E-state index in [4.69, 9.17) is 4.74 Å². The summed E-state index contributed by atoms with van der Waals surface area (Å²) in [6.45, 7) is 8.27. The van der Waals surface area contributed by atoms with Crippen LogP contribution >= 0.6 is 0 Å². The van der Waals surface area contributed by atoms with Gasteiger partial charge in [0.25, 0.3) is 5.91 Å². The Bertz CT molecular complexity index is 775. The zero-order chi connectivity index (χ0) is 20.0. The van der Waals surface area contributed by atoms with Crippen molar-refractivity contribution in [1.82, 2.24) is 4.90 Å². The Kier molecular flexibility index (Phi) is 6.61. The molecule has 144 valence electrons. The molecule has 0 aliphatic rings. The molecule has 2 amide bonds. The number of nitrogens with one attached hydrogen (secondary N) is 1. The second kappa shape index (κ2) is 8.71. The molecule has 0 saturated heterocycles. The van der Waals surface area contributed by atoms with Crippen LogP contribution in [0.2, 0.25) is 0 Å². The van der Waals surface area contributed by atoms with Crippen LogP contribution in [0, 0.1) is 6.92 Å². The maximum atomic E-state index is 12.2. The van der Waals surface area contributed by atoms with Crippen LogP contribution in [0.3, 0.4) is 0 Å². The first-order valence-corrected chi connectivity index (χ1v) is 8.99. The number of aryl methyl sites for hydroxylation is 1. The summed E-state index contributed by atoms with van der Waals surface area (Å²) in [5.41, 5.74) is 3.10. The van der Waals surface area contributed by atoms with Gasteiger partial charge in [0.15, 0.2) is 6.61 Å². The number of carbonyl (C=O) groups excluding carboxylic acids is 2. The Labute approximate surface area is 161 Å². The minimum absolute atomic E-state index is 0.0287. The number of benzene rings is 2. The second-order valence-corrected chi connectivity index (χ2v) is 7.73.